The van der Waals surface area contributed by atoms with E-state index in [0.29, 0.717) is 5.92 Å². The lowest BCUT2D eigenvalue weighted by molar-refractivity contribution is 0.142. The van der Waals surface area contributed by atoms with Crippen molar-refractivity contribution in [2.75, 3.05) is 33.2 Å². The van der Waals surface area contributed by atoms with Crippen LogP contribution in [-0.4, -0.2) is 53.0 Å². The van der Waals surface area contributed by atoms with Crippen LogP contribution < -0.4 is 0 Å². The van der Waals surface area contributed by atoms with Crippen LogP contribution >= 0.6 is 0 Å². The fraction of sp³-hybridized carbons (Fsp3) is 0.591. The summed E-state index contributed by atoms with van der Waals surface area (Å²) in [6.45, 7) is 9.67. The second-order valence-corrected chi connectivity index (χ2v) is 7.99. The molecule has 1 aliphatic heterocycles. The lowest BCUT2D eigenvalue weighted by Crippen LogP contribution is -2.40. The number of hydrogen-bond acceptors (Lipinski definition) is 3. The third-order valence-corrected chi connectivity index (χ3v) is 5.59. The molecule has 0 unspecified atom stereocenters. The number of H-pyrrole nitrogens is 1. The molecule has 0 saturated carbocycles. The number of nitrogens with one attached hydrogen (secondary N) is 1. The molecule has 1 aliphatic rings. The Bertz CT molecular complexity index is 710. The summed E-state index contributed by atoms with van der Waals surface area (Å²) in [5.74, 6) is 1.64. The molecular formula is C22H33FN4. The van der Waals surface area contributed by atoms with Gasteiger partial charge in [0.25, 0.3) is 0 Å². The van der Waals surface area contributed by atoms with Gasteiger partial charge in [0.15, 0.2) is 0 Å². The standard InChI is InChI=1S/C22H33FN4/c1-4-22-24-17(2)21(25-22)16-26(3)14-19-6-5-12-27(15-19)13-11-18-7-9-20(23)10-8-18/h7-10,19H,4-6,11-16H2,1-3H3,(H,24,25)/t19-/m1/s1. The van der Waals surface area contributed by atoms with Gasteiger partial charge in [-0.05, 0) is 63.4 Å². The minimum atomic E-state index is -0.155. The summed E-state index contributed by atoms with van der Waals surface area (Å²) < 4.78 is 13.0. The fourth-order valence-corrected chi connectivity index (χ4v) is 4.09. The number of aryl methyl sites for hydroxylation is 2. The van der Waals surface area contributed by atoms with Gasteiger partial charge >= 0.3 is 0 Å². The number of halogens is 1. The van der Waals surface area contributed by atoms with Gasteiger partial charge in [0.2, 0.25) is 0 Å². The summed E-state index contributed by atoms with van der Waals surface area (Å²) in [7, 11) is 2.21. The molecule has 3 rings (SSSR count). The molecule has 2 aromatic rings. The highest BCUT2D eigenvalue weighted by atomic mass is 19.1. The van der Waals surface area contributed by atoms with Crippen molar-refractivity contribution in [2.24, 2.45) is 5.92 Å². The Hall–Kier alpha value is -1.72. The SMILES string of the molecule is CCc1nc(CN(C)C[C@H]2CCCN(CCc3ccc(F)cc3)C2)c(C)[nH]1. The molecule has 2 heterocycles. The Labute approximate surface area is 162 Å². The maximum absolute atomic E-state index is 13.0. The van der Waals surface area contributed by atoms with Gasteiger partial charge in [-0.15, -0.1) is 0 Å². The summed E-state index contributed by atoms with van der Waals surface area (Å²) in [4.78, 5) is 13.1. The van der Waals surface area contributed by atoms with E-state index in [4.69, 9.17) is 4.98 Å². The molecule has 4 nitrogen and oxygen atoms in total. The maximum Gasteiger partial charge on any atom is 0.123 e. The van der Waals surface area contributed by atoms with Crippen LogP contribution in [0.5, 0.6) is 0 Å². The van der Waals surface area contributed by atoms with E-state index in [-0.39, 0.29) is 5.82 Å². The Balaban J connectivity index is 1.45. The zero-order chi connectivity index (χ0) is 19.2. The highest BCUT2D eigenvalue weighted by Crippen LogP contribution is 2.19. The highest BCUT2D eigenvalue weighted by Gasteiger charge is 2.21. The van der Waals surface area contributed by atoms with Gasteiger partial charge in [0.1, 0.15) is 11.6 Å². The number of likely N-dealkylation sites (tertiary alicyclic amines) is 1. The quantitative estimate of drug-likeness (QED) is 0.765. The summed E-state index contributed by atoms with van der Waals surface area (Å²) >= 11 is 0. The Morgan fingerprint density at radius 3 is 2.78 bits per heavy atom. The topological polar surface area (TPSA) is 35.2 Å². The van der Waals surface area contributed by atoms with Crippen molar-refractivity contribution in [1.29, 1.82) is 0 Å². The van der Waals surface area contributed by atoms with Crippen LogP contribution in [0.4, 0.5) is 4.39 Å². The van der Waals surface area contributed by atoms with E-state index in [2.05, 4.69) is 35.7 Å². The summed E-state index contributed by atoms with van der Waals surface area (Å²) in [6.07, 6.45) is 4.52. The minimum absolute atomic E-state index is 0.155. The predicted molar refractivity (Wildman–Crippen MR) is 108 cm³/mol. The number of piperidine rings is 1. The van der Waals surface area contributed by atoms with Crippen LogP contribution in [0.2, 0.25) is 0 Å². The van der Waals surface area contributed by atoms with Crippen LogP contribution in [0, 0.1) is 18.7 Å². The lowest BCUT2D eigenvalue weighted by Gasteiger charge is -2.34. The minimum Gasteiger partial charge on any atom is -0.346 e. The van der Waals surface area contributed by atoms with Crippen molar-refractivity contribution in [3.63, 3.8) is 0 Å². The number of aromatic amines is 1. The molecule has 0 bridgehead atoms. The summed E-state index contributed by atoms with van der Waals surface area (Å²) in [6, 6.07) is 6.93. The average Bonchev–Trinajstić information content (AvgIpc) is 3.01. The predicted octanol–water partition coefficient (Wildman–Crippen LogP) is 3.81. The third kappa shape index (κ3) is 5.88. The third-order valence-electron chi connectivity index (χ3n) is 5.59. The number of imidazole rings is 1. The van der Waals surface area contributed by atoms with Crippen molar-refractivity contribution < 1.29 is 4.39 Å². The van der Waals surface area contributed by atoms with E-state index >= 15 is 0 Å². The zero-order valence-corrected chi connectivity index (χ0v) is 17.0. The second kappa shape index (κ2) is 9.47. The molecular weight excluding hydrogens is 339 g/mol. The molecule has 0 aliphatic carbocycles. The molecule has 148 valence electrons. The Kier molecular flexibility index (Phi) is 7.02. The van der Waals surface area contributed by atoms with E-state index in [1.807, 2.05) is 12.1 Å². The number of hydrogen-bond donors (Lipinski definition) is 1. The summed E-state index contributed by atoms with van der Waals surface area (Å²) in [5.41, 5.74) is 3.60. The largest absolute Gasteiger partial charge is 0.346 e. The molecule has 1 aromatic heterocycles. The van der Waals surface area contributed by atoms with Crippen LogP contribution in [0.25, 0.3) is 0 Å². The molecule has 5 heteroatoms. The van der Waals surface area contributed by atoms with Gasteiger partial charge in [0, 0.05) is 38.3 Å². The van der Waals surface area contributed by atoms with Gasteiger partial charge in [-0.2, -0.15) is 0 Å². The first-order valence-electron chi connectivity index (χ1n) is 10.2. The van der Waals surface area contributed by atoms with Gasteiger partial charge in [-0.3, -0.25) is 0 Å². The normalized spacial score (nSPS) is 18.3. The zero-order valence-electron chi connectivity index (χ0n) is 17.0. The Morgan fingerprint density at radius 2 is 2.07 bits per heavy atom. The van der Waals surface area contributed by atoms with E-state index in [9.17, 15) is 4.39 Å². The van der Waals surface area contributed by atoms with Crippen LogP contribution in [-0.2, 0) is 19.4 Å². The molecule has 1 fully saturated rings. The monoisotopic (exact) mass is 372 g/mol. The molecule has 1 atom stereocenters. The fourth-order valence-electron chi connectivity index (χ4n) is 4.09. The average molecular weight is 373 g/mol. The number of nitrogens with zero attached hydrogens (tertiary/aromatic N) is 3. The first kappa shape index (κ1) is 20.0. The Morgan fingerprint density at radius 1 is 1.30 bits per heavy atom. The van der Waals surface area contributed by atoms with E-state index < -0.39 is 0 Å². The number of rotatable bonds is 8. The van der Waals surface area contributed by atoms with Crippen molar-refractivity contribution in [1.82, 2.24) is 19.8 Å². The van der Waals surface area contributed by atoms with Gasteiger partial charge in [-0.25, -0.2) is 9.37 Å². The maximum atomic E-state index is 13.0. The van der Waals surface area contributed by atoms with Crippen molar-refractivity contribution in [2.45, 2.75) is 46.1 Å². The molecule has 0 spiro atoms. The van der Waals surface area contributed by atoms with Crippen LogP contribution in [0.1, 0.15) is 42.5 Å². The number of benzene rings is 1. The van der Waals surface area contributed by atoms with Crippen LogP contribution in [0.15, 0.2) is 24.3 Å². The highest BCUT2D eigenvalue weighted by molar-refractivity contribution is 5.16. The molecule has 1 saturated heterocycles. The first-order chi connectivity index (χ1) is 13.0. The van der Waals surface area contributed by atoms with Crippen molar-refractivity contribution >= 4 is 0 Å². The molecule has 1 aromatic carbocycles. The lowest BCUT2D eigenvalue weighted by atomic mass is 9.97. The smallest absolute Gasteiger partial charge is 0.123 e. The van der Waals surface area contributed by atoms with Gasteiger partial charge < -0.3 is 14.8 Å². The van der Waals surface area contributed by atoms with E-state index in [1.165, 1.54) is 36.3 Å². The first-order valence-corrected chi connectivity index (χ1v) is 10.2. The van der Waals surface area contributed by atoms with E-state index in [0.717, 1.165) is 44.8 Å². The van der Waals surface area contributed by atoms with Crippen LogP contribution in [0.3, 0.4) is 0 Å². The molecule has 27 heavy (non-hydrogen) atoms. The second-order valence-electron chi connectivity index (χ2n) is 7.99. The molecule has 0 radical (unpaired) electrons. The van der Waals surface area contributed by atoms with Crippen molar-refractivity contribution in [3.05, 3.63) is 52.9 Å². The van der Waals surface area contributed by atoms with Crippen molar-refractivity contribution in [3.8, 4) is 0 Å². The number of aromatic nitrogens is 2. The summed E-state index contributed by atoms with van der Waals surface area (Å²) in [5, 5.41) is 0. The van der Waals surface area contributed by atoms with Gasteiger partial charge in [-0.1, -0.05) is 19.1 Å². The molecule has 0 amide bonds. The van der Waals surface area contributed by atoms with Gasteiger partial charge in [0.05, 0.1) is 5.69 Å². The van der Waals surface area contributed by atoms with E-state index in [1.54, 1.807) is 12.1 Å². The molecule has 1 N–H and O–H groups in total.